The molecule has 2 aliphatic rings. The van der Waals surface area contributed by atoms with Gasteiger partial charge in [0.2, 0.25) is 0 Å². The maximum atomic E-state index is 12.2. The van der Waals surface area contributed by atoms with Crippen LogP contribution < -0.4 is 0 Å². The van der Waals surface area contributed by atoms with E-state index in [1.165, 1.54) is 32.1 Å². The molecule has 0 radical (unpaired) electrons. The van der Waals surface area contributed by atoms with E-state index in [-0.39, 0.29) is 5.91 Å². The van der Waals surface area contributed by atoms with E-state index in [2.05, 4.69) is 15.1 Å². The van der Waals surface area contributed by atoms with Crippen molar-refractivity contribution in [3.63, 3.8) is 0 Å². The molecule has 1 saturated heterocycles. The van der Waals surface area contributed by atoms with Crippen LogP contribution in [0.25, 0.3) is 0 Å². The van der Waals surface area contributed by atoms with E-state index in [1.54, 1.807) is 12.4 Å². The van der Waals surface area contributed by atoms with Gasteiger partial charge in [-0.05, 0) is 25.2 Å². The van der Waals surface area contributed by atoms with Crippen LogP contribution in [0.2, 0.25) is 0 Å². The van der Waals surface area contributed by atoms with Crippen molar-refractivity contribution in [2.24, 2.45) is 5.92 Å². The minimum absolute atomic E-state index is 0.156. The number of fused-ring (bicyclic) bond motifs is 1. The Labute approximate surface area is 95.0 Å². The molecule has 2 atom stereocenters. The first-order chi connectivity index (χ1) is 7.86. The Morgan fingerprint density at radius 2 is 2.25 bits per heavy atom. The predicted molar refractivity (Wildman–Crippen MR) is 60.0 cm³/mol. The number of amides is 1. The Balaban J connectivity index is 1.78. The number of hydrogen-bond acceptors (Lipinski definition) is 2. The summed E-state index contributed by atoms with van der Waals surface area (Å²) >= 11 is 0. The average Bonchev–Trinajstić information content (AvgIpc) is 2.98. The van der Waals surface area contributed by atoms with Crippen molar-refractivity contribution < 1.29 is 4.79 Å². The molecule has 1 N–H and O–H groups in total. The monoisotopic (exact) mass is 219 g/mol. The molecule has 16 heavy (non-hydrogen) atoms. The first-order valence-corrected chi connectivity index (χ1v) is 6.16. The second kappa shape index (κ2) is 3.92. The molecule has 1 aliphatic carbocycles. The highest BCUT2D eigenvalue weighted by Crippen LogP contribution is 2.36. The summed E-state index contributed by atoms with van der Waals surface area (Å²) in [6.07, 6.45) is 9.62. The lowest BCUT2D eigenvalue weighted by Gasteiger charge is -2.31. The first-order valence-electron chi connectivity index (χ1n) is 6.16. The van der Waals surface area contributed by atoms with Crippen LogP contribution in [0, 0.1) is 5.92 Å². The second-order valence-electron chi connectivity index (χ2n) is 4.89. The summed E-state index contributed by atoms with van der Waals surface area (Å²) in [4.78, 5) is 14.3. The van der Waals surface area contributed by atoms with Crippen molar-refractivity contribution in [3.8, 4) is 0 Å². The summed E-state index contributed by atoms with van der Waals surface area (Å²) < 4.78 is 0. The van der Waals surface area contributed by atoms with Gasteiger partial charge in [-0.3, -0.25) is 9.89 Å². The topological polar surface area (TPSA) is 49.0 Å². The highest BCUT2D eigenvalue weighted by molar-refractivity contribution is 5.94. The van der Waals surface area contributed by atoms with Gasteiger partial charge < -0.3 is 4.90 Å². The predicted octanol–water partition coefficient (Wildman–Crippen LogP) is 1.81. The lowest BCUT2D eigenvalue weighted by Crippen LogP contribution is -2.39. The summed E-state index contributed by atoms with van der Waals surface area (Å²) in [6, 6.07) is 0.496. The zero-order chi connectivity index (χ0) is 11.0. The van der Waals surface area contributed by atoms with Crippen molar-refractivity contribution in [2.75, 3.05) is 6.54 Å². The van der Waals surface area contributed by atoms with Gasteiger partial charge in [0, 0.05) is 18.8 Å². The molecular weight excluding hydrogens is 202 g/mol. The molecule has 1 aromatic heterocycles. The van der Waals surface area contributed by atoms with Crippen LogP contribution >= 0.6 is 0 Å². The minimum atomic E-state index is 0.156. The van der Waals surface area contributed by atoms with Gasteiger partial charge in [0.15, 0.2) is 0 Å². The van der Waals surface area contributed by atoms with Gasteiger partial charge in [-0.25, -0.2) is 0 Å². The Morgan fingerprint density at radius 1 is 1.38 bits per heavy atom. The lowest BCUT2D eigenvalue weighted by molar-refractivity contribution is 0.0690. The number of nitrogens with one attached hydrogen (secondary N) is 1. The van der Waals surface area contributed by atoms with E-state index in [0.29, 0.717) is 11.6 Å². The van der Waals surface area contributed by atoms with Crippen LogP contribution in [-0.4, -0.2) is 33.6 Å². The van der Waals surface area contributed by atoms with Crippen molar-refractivity contribution in [3.05, 3.63) is 18.0 Å². The van der Waals surface area contributed by atoms with Crippen LogP contribution in [0.15, 0.2) is 12.4 Å². The van der Waals surface area contributed by atoms with Crippen molar-refractivity contribution >= 4 is 5.91 Å². The summed E-state index contributed by atoms with van der Waals surface area (Å²) in [5.74, 6) is 0.910. The molecular formula is C12H17N3O. The maximum absolute atomic E-state index is 12.2. The molecule has 2 unspecified atom stereocenters. The van der Waals surface area contributed by atoms with Crippen LogP contribution in [0.3, 0.4) is 0 Å². The van der Waals surface area contributed by atoms with Crippen LogP contribution in [0.5, 0.6) is 0 Å². The zero-order valence-corrected chi connectivity index (χ0v) is 9.35. The molecule has 1 saturated carbocycles. The van der Waals surface area contributed by atoms with Gasteiger partial charge in [-0.2, -0.15) is 5.10 Å². The SMILES string of the molecule is O=C(c1cn[nH]c1)N1CCC2CCCCC21. The number of hydrogen-bond donors (Lipinski definition) is 1. The molecule has 4 nitrogen and oxygen atoms in total. The third-order valence-corrected chi connectivity index (χ3v) is 4.02. The third kappa shape index (κ3) is 1.52. The fourth-order valence-electron chi connectivity index (χ4n) is 3.19. The number of carbonyl (C=O) groups is 1. The van der Waals surface area contributed by atoms with E-state index in [4.69, 9.17) is 0 Å². The minimum Gasteiger partial charge on any atom is -0.335 e. The van der Waals surface area contributed by atoms with Crippen molar-refractivity contribution in [2.45, 2.75) is 38.1 Å². The smallest absolute Gasteiger partial charge is 0.257 e. The number of likely N-dealkylation sites (tertiary alicyclic amines) is 1. The quantitative estimate of drug-likeness (QED) is 0.783. The molecule has 2 fully saturated rings. The molecule has 2 heterocycles. The van der Waals surface area contributed by atoms with Gasteiger partial charge in [0.05, 0.1) is 11.8 Å². The van der Waals surface area contributed by atoms with Gasteiger partial charge in [0.25, 0.3) is 5.91 Å². The summed E-state index contributed by atoms with van der Waals surface area (Å²) in [7, 11) is 0. The van der Waals surface area contributed by atoms with E-state index in [1.807, 2.05) is 0 Å². The zero-order valence-electron chi connectivity index (χ0n) is 9.35. The van der Waals surface area contributed by atoms with Gasteiger partial charge in [-0.1, -0.05) is 12.8 Å². The number of H-pyrrole nitrogens is 1. The Hall–Kier alpha value is -1.32. The number of aromatic amines is 1. The molecule has 0 bridgehead atoms. The summed E-state index contributed by atoms with van der Waals surface area (Å²) in [5, 5.41) is 6.55. The van der Waals surface area contributed by atoms with E-state index in [9.17, 15) is 4.79 Å². The van der Waals surface area contributed by atoms with Gasteiger partial charge in [0.1, 0.15) is 0 Å². The molecule has 0 aromatic carbocycles. The number of carbonyl (C=O) groups excluding carboxylic acids is 1. The summed E-state index contributed by atoms with van der Waals surface area (Å²) in [5.41, 5.74) is 0.700. The molecule has 86 valence electrons. The van der Waals surface area contributed by atoms with Crippen LogP contribution in [0.1, 0.15) is 42.5 Å². The van der Waals surface area contributed by atoms with Crippen molar-refractivity contribution in [1.82, 2.24) is 15.1 Å². The first kappa shape index (κ1) is 9.87. The molecule has 0 spiro atoms. The number of rotatable bonds is 1. The van der Waals surface area contributed by atoms with Crippen molar-refractivity contribution in [1.29, 1.82) is 0 Å². The van der Waals surface area contributed by atoms with Gasteiger partial charge in [-0.15, -0.1) is 0 Å². The Morgan fingerprint density at radius 3 is 3.06 bits per heavy atom. The van der Waals surface area contributed by atoms with Gasteiger partial charge >= 0.3 is 0 Å². The molecule has 3 rings (SSSR count). The third-order valence-electron chi connectivity index (χ3n) is 4.02. The number of nitrogens with zero attached hydrogens (tertiary/aromatic N) is 2. The Kier molecular flexibility index (Phi) is 2.42. The standard InChI is InChI=1S/C12H17N3O/c16-12(10-7-13-14-8-10)15-6-5-9-3-1-2-4-11(9)15/h7-9,11H,1-6H2,(H,13,14). The molecule has 1 amide bonds. The largest absolute Gasteiger partial charge is 0.335 e. The van der Waals surface area contributed by atoms with E-state index in [0.717, 1.165) is 12.5 Å². The van der Waals surface area contributed by atoms with E-state index < -0.39 is 0 Å². The molecule has 1 aromatic rings. The lowest BCUT2D eigenvalue weighted by atomic mass is 9.85. The van der Waals surface area contributed by atoms with Crippen LogP contribution in [0.4, 0.5) is 0 Å². The highest BCUT2D eigenvalue weighted by atomic mass is 16.2. The average molecular weight is 219 g/mol. The van der Waals surface area contributed by atoms with Crippen LogP contribution in [-0.2, 0) is 0 Å². The Bertz CT molecular complexity index is 374. The fraction of sp³-hybridized carbons (Fsp3) is 0.667. The molecule has 1 aliphatic heterocycles. The maximum Gasteiger partial charge on any atom is 0.257 e. The molecule has 4 heteroatoms. The number of aromatic nitrogens is 2. The highest BCUT2D eigenvalue weighted by Gasteiger charge is 2.38. The fourth-order valence-corrected chi connectivity index (χ4v) is 3.19. The second-order valence-corrected chi connectivity index (χ2v) is 4.89. The van der Waals surface area contributed by atoms with E-state index >= 15 is 0 Å². The normalized spacial score (nSPS) is 29.1. The summed E-state index contributed by atoms with van der Waals surface area (Å²) in [6.45, 7) is 0.930.